The normalized spacial score (nSPS) is 15.6. The van der Waals surface area contributed by atoms with Crippen molar-refractivity contribution in [1.29, 1.82) is 0 Å². The van der Waals surface area contributed by atoms with Crippen LogP contribution in [0.15, 0.2) is 47.4 Å². The Balaban J connectivity index is 1.85. The average Bonchev–Trinajstić information content (AvgIpc) is 2.86. The molecule has 0 saturated carbocycles. The number of hydrogen-bond acceptors (Lipinski definition) is 4. The predicted molar refractivity (Wildman–Crippen MR) is 104 cm³/mol. The first kappa shape index (κ1) is 17.9. The van der Waals surface area contributed by atoms with Gasteiger partial charge in [0.05, 0.1) is 27.0 Å². The van der Waals surface area contributed by atoms with Gasteiger partial charge in [-0.3, -0.25) is 4.72 Å². The van der Waals surface area contributed by atoms with Crippen molar-refractivity contribution in [3.8, 4) is 0 Å². The fourth-order valence-corrected chi connectivity index (χ4v) is 4.40. The van der Waals surface area contributed by atoms with E-state index in [0.29, 0.717) is 16.4 Å². The van der Waals surface area contributed by atoms with Crippen LogP contribution in [-0.2, 0) is 10.0 Å². The molecular weight excluding hydrogens is 358 g/mol. The minimum Gasteiger partial charge on any atom is -0.397 e. The van der Waals surface area contributed by atoms with Gasteiger partial charge in [-0.2, -0.15) is 0 Å². The van der Waals surface area contributed by atoms with Gasteiger partial charge < -0.3 is 10.6 Å². The Morgan fingerprint density at radius 2 is 1.68 bits per heavy atom. The standard InChI is InChI=1S/C18H22ClN3O2S/c19-15-7-3-4-8-17(15)21-25(23,24)14-9-10-18(16(20)13-14)22-11-5-1-2-6-12-22/h3-4,7-10,13,21H,1-2,5-6,11-12,20H2. The lowest BCUT2D eigenvalue weighted by Crippen LogP contribution is -2.25. The van der Waals surface area contributed by atoms with Gasteiger partial charge >= 0.3 is 0 Å². The molecule has 2 aromatic carbocycles. The van der Waals surface area contributed by atoms with Gasteiger partial charge in [0.25, 0.3) is 10.0 Å². The predicted octanol–water partition coefficient (Wildman–Crippen LogP) is 4.10. The van der Waals surface area contributed by atoms with Crippen molar-refractivity contribution in [2.75, 3.05) is 28.4 Å². The summed E-state index contributed by atoms with van der Waals surface area (Å²) in [7, 11) is -3.75. The zero-order valence-corrected chi connectivity index (χ0v) is 15.5. The van der Waals surface area contributed by atoms with Crippen molar-refractivity contribution in [3.63, 3.8) is 0 Å². The van der Waals surface area contributed by atoms with Crippen LogP contribution in [0.4, 0.5) is 17.1 Å². The van der Waals surface area contributed by atoms with Crippen LogP contribution < -0.4 is 15.4 Å². The quantitative estimate of drug-likeness (QED) is 0.784. The van der Waals surface area contributed by atoms with E-state index >= 15 is 0 Å². The number of nitrogens with zero attached hydrogens (tertiary/aromatic N) is 1. The van der Waals surface area contributed by atoms with E-state index in [2.05, 4.69) is 9.62 Å². The molecule has 1 fully saturated rings. The number of sulfonamides is 1. The Labute approximate surface area is 153 Å². The van der Waals surface area contributed by atoms with Crippen LogP contribution in [0.5, 0.6) is 0 Å². The number of benzene rings is 2. The monoisotopic (exact) mass is 379 g/mol. The molecule has 0 radical (unpaired) electrons. The summed E-state index contributed by atoms with van der Waals surface area (Å²) < 4.78 is 27.7. The van der Waals surface area contributed by atoms with E-state index in [4.69, 9.17) is 17.3 Å². The van der Waals surface area contributed by atoms with Gasteiger partial charge in [0.1, 0.15) is 0 Å². The molecule has 1 aliphatic rings. The van der Waals surface area contributed by atoms with Crippen molar-refractivity contribution in [3.05, 3.63) is 47.5 Å². The van der Waals surface area contributed by atoms with E-state index in [0.717, 1.165) is 31.6 Å². The number of nitrogens with two attached hydrogens (primary N) is 1. The van der Waals surface area contributed by atoms with Crippen LogP contribution in [0.3, 0.4) is 0 Å². The van der Waals surface area contributed by atoms with E-state index < -0.39 is 10.0 Å². The lowest BCUT2D eigenvalue weighted by Gasteiger charge is -2.24. The van der Waals surface area contributed by atoms with Gasteiger partial charge in [-0.25, -0.2) is 8.42 Å². The Bertz CT molecular complexity index is 847. The van der Waals surface area contributed by atoms with Crippen molar-refractivity contribution in [2.24, 2.45) is 0 Å². The molecule has 0 spiro atoms. The van der Waals surface area contributed by atoms with Gasteiger partial charge in [-0.1, -0.05) is 36.6 Å². The summed E-state index contributed by atoms with van der Waals surface area (Å²) >= 11 is 6.03. The molecule has 25 heavy (non-hydrogen) atoms. The van der Waals surface area contributed by atoms with E-state index in [9.17, 15) is 8.42 Å². The minimum absolute atomic E-state index is 0.128. The number of halogens is 1. The SMILES string of the molecule is Nc1cc(S(=O)(=O)Nc2ccccc2Cl)ccc1N1CCCCCC1. The highest BCUT2D eigenvalue weighted by molar-refractivity contribution is 7.92. The number of hydrogen-bond donors (Lipinski definition) is 2. The molecule has 0 unspecified atom stereocenters. The van der Waals surface area contributed by atoms with Crippen LogP contribution in [0.25, 0.3) is 0 Å². The molecule has 5 nitrogen and oxygen atoms in total. The lowest BCUT2D eigenvalue weighted by atomic mass is 10.2. The molecule has 0 aliphatic carbocycles. The molecule has 2 aromatic rings. The maximum Gasteiger partial charge on any atom is 0.262 e. The molecule has 1 saturated heterocycles. The van der Waals surface area contributed by atoms with Gasteiger partial charge in [-0.05, 0) is 43.2 Å². The Kier molecular flexibility index (Phi) is 5.39. The number of para-hydroxylation sites is 1. The Morgan fingerprint density at radius 1 is 1.00 bits per heavy atom. The van der Waals surface area contributed by atoms with E-state index in [-0.39, 0.29) is 4.90 Å². The summed E-state index contributed by atoms with van der Waals surface area (Å²) in [5, 5.41) is 0.347. The van der Waals surface area contributed by atoms with Crippen LogP contribution in [0.2, 0.25) is 5.02 Å². The highest BCUT2D eigenvalue weighted by Gasteiger charge is 2.19. The third kappa shape index (κ3) is 4.19. The number of nitrogens with one attached hydrogen (secondary N) is 1. The summed E-state index contributed by atoms with van der Waals surface area (Å²) in [6.45, 7) is 1.91. The second kappa shape index (κ2) is 7.54. The molecule has 0 atom stereocenters. The molecular formula is C18H22ClN3O2S. The Hall–Kier alpha value is -1.92. The zero-order chi connectivity index (χ0) is 17.9. The number of anilines is 3. The molecule has 1 heterocycles. The topological polar surface area (TPSA) is 75.4 Å². The third-order valence-electron chi connectivity index (χ3n) is 4.37. The zero-order valence-electron chi connectivity index (χ0n) is 13.9. The van der Waals surface area contributed by atoms with Crippen LogP contribution >= 0.6 is 11.6 Å². The molecule has 134 valence electrons. The molecule has 0 amide bonds. The fourth-order valence-electron chi connectivity index (χ4n) is 3.05. The third-order valence-corrected chi connectivity index (χ3v) is 6.07. The van der Waals surface area contributed by atoms with Crippen molar-refractivity contribution >= 4 is 38.7 Å². The van der Waals surface area contributed by atoms with Gasteiger partial charge in [0, 0.05) is 13.1 Å². The summed E-state index contributed by atoms with van der Waals surface area (Å²) in [4.78, 5) is 2.36. The molecule has 1 aliphatic heterocycles. The minimum atomic E-state index is -3.75. The maximum absolute atomic E-state index is 12.6. The molecule has 3 N–H and O–H groups in total. The van der Waals surface area contributed by atoms with Gasteiger partial charge in [0.2, 0.25) is 0 Å². The fraction of sp³-hybridized carbons (Fsp3) is 0.333. The first-order chi connectivity index (χ1) is 12.0. The summed E-state index contributed by atoms with van der Waals surface area (Å²) in [6, 6.07) is 11.6. The van der Waals surface area contributed by atoms with E-state index in [1.807, 2.05) is 0 Å². The van der Waals surface area contributed by atoms with E-state index in [1.54, 1.807) is 36.4 Å². The second-order valence-electron chi connectivity index (χ2n) is 6.21. The highest BCUT2D eigenvalue weighted by Crippen LogP contribution is 2.30. The highest BCUT2D eigenvalue weighted by atomic mass is 35.5. The number of rotatable bonds is 4. The van der Waals surface area contributed by atoms with Crippen LogP contribution in [0, 0.1) is 0 Å². The van der Waals surface area contributed by atoms with Crippen LogP contribution in [0.1, 0.15) is 25.7 Å². The summed E-state index contributed by atoms with van der Waals surface area (Å²) in [5.74, 6) is 0. The number of nitrogen functional groups attached to an aromatic ring is 1. The van der Waals surface area contributed by atoms with Crippen molar-refractivity contribution < 1.29 is 8.42 Å². The summed E-state index contributed by atoms with van der Waals surface area (Å²) in [6.07, 6.45) is 4.72. The lowest BCUT2D eigenvalue weighted by molar-refractivity contribution is 0.601. The Morgan fingerprint density at radius 3 is 2.32 bits per heavy atom. The first-order valence-corrected chi connectivity index (χ1v) is 10.3. The molecule has 3 rings (SSSR count). The van der Waals surface area contributed by atoms with Gasteiger partial charge in [0.15, 0.2) is 0 Å². The maximum atomic E-state index is 12.6. The molecule has 0 bridgehead atoms. The smallest absolute Gasteiger partial charge is 0.262 e. The summed E-state index contributed by atoms with van der Waals surface area (Å²) in [5.41, 5.74) is 7.89. The van der Waals surface area contributed by atoms with E-state index in [1.165, 1.54) is 18.9 Å². The first-order valence-electron chi connectivity index (χ1n) is 8.39. The molecule has 0 aromatic heterocycles. The molecule has 7 heteroatoms. The van der Waals surface area contributed by atoms with Crippen molar-refractivity contribution in [1.82, 2.24) is 0 Å². The second-order valence-corrected chi connectivity index (χ2v) is 8.30. The average molecular weight is 380 g/mol. The van der Waals surface area contributed by atoms with Gasteiger partial charge in [-0.15, -0.1) is 0 Å². The van der Waals surface area contributed by atoms with Crippen LogP contribution in [-0.4, -0.2) is 21.5 Å². The largest absolute Gasteiger partial charge is 0.397 e. The van der Waals surface area contributed by atoms with Crippen molar-refractivity contribution in [2.45, 2.75) is 30.6 Å².